The number of likely N-dealkylation sites (tertiary alicyclic amines) is 1. The van der Waals surface area contributed by atoms with E-state index in [1.54, 1.807) is 18.2 Å². The van der Waals surface area contributed by atoms with Crippen LogP contribution in [-0.4, -0.2) is 29.1 Å². The van der Waals surface area contributed by atoms with Gasteiger partial charge in [0.2, 0.25) is 11.8 Å². The van der Waals surface area contributed by atoms with Crippen LogP contribution in [-0.2, 0) is 16.1 Å². The summed E-state index contributed by atoms with van der Waals surface area (Å²) in [6.45, 7) is 4.02. The number of hydrogen-bond donors (Lipinski definition) is 0. The molecule has 1 heterocycles. The number of nitrogens with zero attached hydrogens (tertiary/aromatic N) is 1. The monoisotopic (exact) mass is 287 g/mol. The predicted molar refractivity (Wildman–Crippen MR) is 74.8 cm³/mol. The zero-order valence-electron chi connectivity index (χ0n) is 12.1. The van der Waals surface area contributed by atoms with Gasteiger partial charge in [-0.15, -0.1) is 0 Å². The Balaban J connectivity index is 1.89. The van der Waals surface area contributed by atoms with E-state index in [9.17, 15) is 14.4 Å². The van der Waals surface area contributed by atoms with E-state index in [1.807, 2.05) is 6.92 Å². The normalized spacial score (nSPS) is 23.2. The minimum absolute atomic E-state index is 0.0544. The molecule has 2 unspecified atom stereocenters. The minimum Gasteiger partial charge on any atom is -0.494 e. The molecule has 1 saturated carbocycles. The highest BCUT2D eigenvalue weighted by molar-refractivity contribution is 6.08. The van der Waals surface area contributed by atoms with Gasteiger partial charge in [-0.3, -0.25) is 19.3 Å². The van der Waals surface area contributed by atoms with Gasteiger partial charge >= 0.3 is 0 Å². The third kappa shape index (κ3) is 2.33. The Labute approximate surface area is 122 Å². The lowest BCUT2D eigenvalue weighted by atomic mass is 10.1. The minimum atomic E-state index is -0.107. The highest BCUT2D eigenvalue weighted by Gasteiger charge is 2.58. The number of carbonyl (C=O) groups excluding carboxylic acids is 3. The number of imide groups is 1. The first-order valence-corrected chi connectivity index (χ1v) is 7.14. The van der Waals surface area contributed by atoms with E-state index in [0.29, 0.717) is 29.9 Å². The first-order chi connectivity index (χ1) is 10.0. The summed E-state index contributed by atoms with van der Waals surface area (Å²) in [7, 11) is 0. The van der Waals surface area contributed by atoms with Crippen LogP contribution in [0.5, 0.6) is 5.75 Å². The highest BCUT2D eigenvalue weighted by Crippen LogP contribution is 2.47. The Morgan fingerprint density at radius 2 is 1.95 bits per heavy atom. The lowest BCUT2D eigenvalue weighted by Crippen LogP contribution is -2.32. The summed E-state index contributed by atoms with van der Waals surface area (Å²) in [6.07, 6.45) is 0.694. The number of benzene rings is 1. The number of hydrogen-bond acceptors (Lipinski definition) is 4. The summed E-state index contributed by atoms with van der Waals surface area (Å²) in [5, 5.41) is 0. The van der Waals surface area contributed by atoms with Gasteiger partial charge in [0.15, 0.2) is 5.78 Å². The van der Waals surface area contributed by atoms with E-state index in [-0.39, 0.29) is 36.0 Å². The van der Waals surface area contributed by atoms with Crippen LogP contribution in [0.4, 0.5) is 0 Å². The molecular formula is C16H17NO4. The van der Waals surface area contributed by atoms with Crippen LogP contribution in [0.15, 0.2) is 18.2 Å². The molecule has 0 N–H and O–H groups in total. The van der Waals surface area contributed by atoms with Crippen molar-refractivity contribution in [1.29, 1.82) is 0 Å². The van der Waals surface area contributed by atoms with Gasteiger partial charge in [0.05, 0.1) is 25.0 Å². The number of piperidine rings is 1. The Hall–Kier alpha value is -2.17. The number of Topliss-reactive ketones (excluding diaryl/α,β-unsaturated/α-hetero) is 1. The largest absolute Gasteiger partial charge is 0.494 e. The van der Waals surface area contributed by atoms with Crippen molar-refractivity contribution in [2.24, 2.45) is 11.8 Å². The maximum absolute atomic E-state index is 12.0. The van der Waals surface area contributed by atoms with Gasteiger partial charge in [0.1, 0.15) is 5.75 Å². The standard InChI is InChI=1S/C16H17NO4/c1-3-21-14-5-4-10(9(2)18)6-11(14)8-17-15(19)12-7-13(12)16(17)20/h4-6,12-13H,3,7-8H2,1-2H3. The second-order valence-corrected chi connectivity index (χ2v) is 5.52. The van der Waals surface area contributed by atoms with Crippen LogP contribution >= 0.6 is 0 Å². The van der Waals surface area contributed by atoms with E-state index in [0.717, 1.165) is 0 Å². The van der Waals surface area contributed by atoms with Crippen LogP contribution in [0.25, 0.3) is 0 Å². The number of fused-ring (bicyclic) bond motifs is 1. The predicted octanol–water partition coefficient (Wildman–Crippen LogP) is 1.79. The zero-order valence-corrected chi connectivity index (χ0v) is 12.1. The molecule has 2 atom stereocenters. The molecule has 0 aromatic heterocycles. The summed E-state index contributed by atoms with van der Waals surface area (Å²) in [5.74, 6) is 0.152. The Kier molecular flexibility index (Phi) is 3.27. The average Bonchev–Trinajstić information content (AvgIpc) is 3.21. The Morgan fingerprint density at radius 3 is 2.52 bits per heavy atom. The quantitative estimate of drug-likeness (QED) is 0.612. The summed E-state index contributed by atoms with van der Waals surface area (Å²) >= 11 is 0. The first kappa shape index (κ1) is 13.8. The van der Waals surface area contributed by atoms with Crippen LogP contribution in [0.3, 0.4) is 0 Å². The van der Waals surface area contributed by atoms with Crippen LogP contribution < -0.4 is 4.74 Å². The molecule has 1 saturated heterocycles. The number of carbonyl (C=O) groups is 3. The number of rotatable bonds is 5. The summed E-state index contributed by atoms with van der Waals surface area (Å²) < 4.78 is 5.53. The van der Waals surface area contributed by atoms with Crippen molar-refractivity contribution in [2.75, 3.05) is 6.61 Å². The Morgan fingerprint density at radius 1 is 1.29 bits per heavy atom. The summed E-state index contributed by atoms with van der Waals surface area (Å²) in [5.41, 5.74) is 1.25. The molecule has 1 aromatic rings. The number of ketones is 1. The second kappa shape index (κ2) is 4.98. The fraction of sp³-hybridized carbons (Fsp3) is 0.438. The van der Waals surface area contributed by atoms with Crippen LogP contribution in [0.2, 0.25) is 0 Å². The van der Waals surface area contributed by atoms with Gasteiger partial charge in [0, 0.05) is 11.1 Å². The Bertz CT molecular complexity index is 617. The molecule has 1 aliphatic carbocycles. The lowest BCUT2D eigenvalue weighted by Gasteiger charge is -2.19. The molecule has 0 spiro atoms. The van der Waals surface area contributed by atoms with E-state index < -0.39 is 0 Å². The van der Waals surface area contributed by atoms with Crippen molar-refractivity contribution in [2.45, 2.75) is 26.8 Å². The van der Waals surface area contributed by atoms with Crippen molar-refractivity contribution in [3.63, 3.8) is 0 Å². The zero-order chi connectivity index (χ0) is 15.1. The molecular weight excluding hydrogens is 270 g/mol. The van der Waals surface area contributed by atoms with E-state index in [4.69, 9.17) is 4.74 Å². The molecule has 1 aromatic carbocycles. The van der Waals surface area contributed by atoms with Crippen LogP contribution in [0, 0.1) is 11.8 Å². The average molecular weight is 287 g/mol. The molecule has 1 aliphatic heterocycles. The third-order valence-electron chi connectivity index (χ3n) is 4.05. The summed E-state index contributed by atoms with van der Waals surface area (Å²) in [6, 6.07) is 5.13. The number of ether oxygens (including phenoxy) is 1. The van der Waals surface area contributed by atoms with Gasteiger partial charge in [-0.25, -0.2) is 0 Å². The van der Waals surface area contributed by atoms with Crippen molar-refractivity contribution in [3.8, 4) is 5.75 Å². The maximum atomic E-state index is 12.0. The molecule has 21 heavy (non-hydrogen) atoms. The molecule has 110 valence electrons. The van der Waals surface area contributed by atoms with Gasteiger partial charge in [-0.1, -0.05) is 0 Å². The molecule has 0 bridgehead atoms. The van der Waals surface area contributed by atoms with E-state index in [1.165, 1.54) is 11.8 Å². The SMILES string of the molecule is CCOc1ccc(C(C)=O)cc1CN1C(=O)C2CC2C1=O. The lowest BCUT2D eigenvalue weighted by molar-refractivity contribution is -0.142. The van der Waals surface area contributed by atoms with Crippen LogP contribution in [0.1, 0.15) is 36.2 Å². The molecule has 5 nitrogen and oxygen atoms in total. The van der Waals surface area contributed by atoms with Crippen molar-refractivity contribution >= 4 is 17.6 Å². The first-order valence-electron chi connectivity index (χ1n) is 7.14. The maximum Gasteiger partial charge on any atom is 0.233 e. The molecule has 3 rings (SSSR count). The van der Waals surface area contributed by atoms with Crippen molar-refractivity contribution in [1.82, 2.24) is 4.90 Å². The van der Waals surface area contributed by atoms with E-state index in [2.05, 4.69) is 0 Å². The third-order valence-corrected chi connectivity index (χ3v) is 4.05. The molecule has 2 aliphatic rings. The fourth-order valence-corrected chi connectivity index (χ4v) is 2.79. The van der Waals surface area contributed by atoms with Gasteiger partial charge in [-0.2, -0.15) is 0 Å². The van der Waals surface area contributed by atoms with Gasteiger partial charge in [-0.05, 0) is 38.5 Å². The van der Waals surface area contributed by atoms with Crippen molar-refractivity contribution < 1.29 is 19.1 Å². The molecule has 2 amide bonds. The second-order valence-electron chi connectivity index (χ2n) is 5.52. The topological polar surface area (TPSA) is 63.7 Å². The molecule has 2 fully saturated rings. The number of amides is 2. The fourth-order valence-electron chi connectivity index (χ4n) is 2.79. The molecule has 5 heteroatoms. The summed E-state index contributed by atoms with van der Waals surface area (Å²) in [4.78, 5) is 36.9. The molecule has 0 radical (unpaired) electrons. The smallest absolute Gasteiger partial charge is 0.233 e. The van der Waals surface area contributed by atoms with Gasteiger partial charge in [0.25, 0.3) is 0 Å². The highest BCUT2D eigenvalue weighted by atomic mass is 16.5. The van der Waals surface area contributed by atoms with Gasteiger partial charge < -0.3 is 4.74 Å². The van der Waals surface area contributed by atoms with E-state index >= 15 is 0 Å². The van der Waals surface area contributed by atoms with Crippen molar-refractivity contribution in [3.05, 3.63) is 29.3 Å².